The van der Waals surface area contributed by atoms with Gasteiger partial charge in [0.15, 0.2) is 9.84 Å². The third kappa shape index (κ3) is 4.60. The lowest BCUT2D eigenvalue weighted by molar-refractivity contribution is 0.0953. The molecule has 3 aromatic rings. The Kier molecular flexibility index (Phi) is 6.37. The Hall–Kier alpha value is -2.99. The summed E-state index contributed by atoms with van der Waals surface area (Å²) in [6.45, 7) is 7.51. The summed E-state index contributed by atoms with van der Waals surface area (Å²) in [5.41, 5.74) is 4.69. The average Bonchev–Trinajstić information content (AvgIpc) is 2.72. The van der Waals surface area contributed by atoms with Crippen molar-refractivity contribution < 1.29 is 13.2 Å². The number of pyridine rings is 1. The zero-order valence-electron chi connectivity index (χ0n) is 17.6. The summed E-state index contributed by atoms with van der Waals surface area (Å²) in [6.07, 6.45) is 3.13. The van der Waals surface area contributed by atoms with Crippen molar-refractivity contribution in [1.29, 1.82) is 0 Å². The summed E-state index contributed by atoms with van der Waals surface area (Å²) >= 11 is 0. The highest BCUT2D eigenvalue weighted by Crippen LogP contribution is 2.30. The van der Waals surface area contributed by atoms with Gasteiger partial charge in [0.25, 0.3) is 5.91 Å². The SMILES string of the molecule is Cc1ccc(C)c(S(=O)(=O)[C@@H](CNC(=O)c2ccc(C)c(C)c2)c2cccnc2)c1. The summed E-state index contributed by atoms with van der Waals surface area (Å²) in [5, 5.41) is 1.87. The van der Waals surface area contributed by atoms with Crippen LogP contribution in [0.2, 0.25) is 0 Å². The number of nitrogens with zero attached hydrogens (tertiary/aromatic N) is 1. The average molecular weight is 423 g/mol. The summed E-state index contributed by atoms with van der Waals surface area (Å²) in [4.78, 5) is 17.1. The smallest absolute Gasteiger partial charge is 0.251 e. The van der Waals surface area contributed by atoms with E-state index in [-0.39, 0.29) is 17.3 Å². The maximum Gasteiger partial charge on any atom is 0.251 e. The molecule has 1 heterocycles. The van der Waals surface area contributed by atoms with Crippen LogP contribution >= 0.6 is 0 Å². The van der Waals surface area contributed by atoms with Gasteiger partial charge in [0.05, 0.1) is 4.90 Å². The second-order valence-corrected chi connectivity index (χ2v) is 9.70. The van der Waals surface area contributed by atoms with Crippen molar-refractivity contribution in [2.24, 2.45) is 0 Å². The van der Waals surface area contributed by atoms with Crippen LogP contribution in [0.1, 0.15) is 43.4 Å². The zero-order chi connectivity index (χ0) is 21.9. The van der Waals surface area contributed by atoms with E-state index in [1.165, 1.54) is 6.20 Å². The summed E-state index contributed by atoms with van der Waals surface area (Å²) in [5.74, 6) is -0.303. The minimum atomic E-state index is -3.75. The van der Waals surface area contributed by atoms with Crippen LogP contribution in [-0.2, 0) is 9.84 Å². The molecule has 0 saturated carbocycles. The predicted molar refractivity (Wildman–Crippen MR) is 118 cm³/mol. The molecule has 30 heavy (non-hydrogen) atoms. The van der Waals surface area contributed by atoms with Crippen molar-refractivity contribution in [3.63, 3.8) is 0 Å². The van der Waals surface area contributed by atoms with Gasteiger partial charge >= 0.3 is 0 Å². The Morgan fingerprint density at radius 3 is 2.37 bits per heavy atom. The predicted octanol–water partition coefficient (Wildman–Crippen LogP) is 4.26. The molecular formula is C24H26N2O3S. The molecule has 6 heteroatoms. The number of aromatic nitrogens is 1. The standard InChI is InChI=1S/C24H26N2O3S/c1-16-7-8-18(3)22(12-16)30(28,29)23(21-6-5-11-25-14-21)15-26-24(27)20-10-9-17(2)19(4)13-20/h5-14,23H,15H2,1-4H3,(H,26,27)/t23-/m0/s1. The molecule has 0 aliphatic carbocycles. The first-order chi connectivity index (χ1) is 14.2. The zero-order valence-corrected chi connectivity index (χ0v) is 18.5. The minimum Gasteiger partial charge on any atom is -0.350 e. The number of rotatable bonds is 6. The van der Waals surface area contributed by atoms with Crippen LogP contribution < -0.4 is 5.32 Å². The van der Waals surface area contributed by atoms with Gasteiger partial charge in [-0.2, -0.15) is 0 Å². The van der Waals surface area contributed by atoms with Gasteiger partial charge in [-0.3, -0.25) is 9.78 Å². The summed E-state index contributed by atoms with van der Waals surface area (Å²) < 4.78 is 27.1. The quantitative estimate of drug-likeness (QED) is 0.644. The number of sulfone groups is 1. The number of carbonyl (C=O) groups is 1. The van der Waals surface area contributed by atoms with Crippen LogP contribution in [0.15, 0.2) is 65.8 Å². The van der Waals surface area contributed by atoms with E-state index in [0.717, 1.165) is 16.7 Å². The van der Waals surface area contributed by atoms with Gasteiger partial charge in [-0.1, -0.05) is 24.3 Å². The molecule has 0 spiro atoms. The summed E-state index contributed by atoms with van der Waals surface area (Å²) in [7, 11) is -3.75. The van der Waals surface area contributed by atoms with Crippen LogP contribution in [0.4, 0.5) is 0 Å². The fourth-order valence-corrected chi connectivity index (χ4v) is 5.28. The first-order valence-electron chi connectivity index (χ1n) is 9.76. The lowest BCUT2D eigenvalue weighted by Gasteiger charge is -2.20. The van der Waals surface area contributed by atoms with Crippen LogP contribution in [-0.4, -0.2) is 25.9 Å². The molecule has 0 unspecified atom stereocenters. The molecule has 0 fully saturated rings. The molecule has 2 aromatic carbocycles. The van der Waals surface area contributed by atoms with Crippen LogP contribution in [0.25, 0.3) is 0 Å². The molecule has 1 atom stereocenters. The molecule has 0 aliphatic heterocycles. The van der Waals surface area contributed by atoms with E-state index in [2.05, 4.69) is 10.3 Å². The molecule has 0 aliphatic rings. The van der Waals surface area contributed by atoms with E-state index >= 15 is 0 Å². The van der Waals surface area contributed by atoms with E-state index in [9.17, 15) is 13.2 Å². The van der Waals surface area contributed by atoms with E-state index in [1.54, 1.807) is 43.5 Å². The number of carbonyl (C=O) groups excluding carboxylic acids is 1. The first-order valence-corrected chi connectivity index (χ1v) is 11.3. The number of amides is 1. The van der Waals surface area contributed by atoms with Crippen LogP contribution in [0.5, 0.6) is 0 Å². The van der Waals surface area contributed by atoms with E-state index < -0.39 is 15.1 Å². The Morgan fingerprint density at radius 1 is 0.967 bits per heavy atom. The van der Waals surface area contributed by atoms with Gasteiger partial charge in [-0.05, 0) is 79.8 Å². The monoisotopic (exact) mass is 422 g/mol. The molecule has 0 saturated heterocycles. The number of aryl methyl sites for hydroxylation is 4. The molecule has 5 nitrogen and oxygen atoms in total. The van der Waals surface area contributed by atoms with Gasteiger partial charge in [0.1, 0.15) is 5.25 Å². The normalized spacial score (nSPS) is 12.4. The van der Waals surface area contributed by atoms with E-state index in [4.69, 9.17) is 0 Å². The molecule has 0 bridgehead atoms. The van der Waals surface area contributed by atoms with Crippen molar-refractivity contribution in [2.45, 2.75) is 37.8 Å². The van der Waals surface area contributed by atoms with E-state index in [1.807, 2.05) is 39.0 Å². The number of hydrogen-bond donors (Lipinski definition) is 1. The third-order valence-electron chi connectivity index (χ3n) is 5.30. The van der Waals surface area contributed by atoms with Crippen molar-refractivity contribution in [3.05, 3.63) is 94.3 Å². The molecular weight excluding hydrogens is 396 g/mol. The lowest BCUT2D eigenvalue weighted by Crippen LogP contribution is -2.32. The second-order valence-electron chi connectivity index (χ2n) is 7.60. The maximum atomic E-state index is 13.6. The van der Waals surface area contributed by atoms with Gasteiger partial charge in [-0.25, -0.2) is 8.42 Å². The van der Waals surface area contributed by atoms with Gasteiger partial charge in [0.2, 0.25) is 0 Å². The minimum absolute atomic E-state index is 0.0484. The Bertz CT molecular complexity index is 1170. The topological polar surface area (TPSA) is 76.1 Å². The van der Waals surface area contributed by atoms with Crippen LogP contribution in [0.3, 0.4) is 0 Å². The maximum absolute atomic E-state index is 13.6. The molecule has 0 radical (unpaired) electrons. The number of benzene rings is 2. The number of hydrogen-bond acceptors (Lipinski definition) is 4. The molecule has 156 valence electrons. The third-order valence-corrected chi connectivity index (χ3v) is 7.54. The lowest BCUT2D eigenvalue weighted by atomic mass is 10.1. The molecule has 1 aromatic heterocycles. The van der Waals surface area contributed by atoms with Crippen LogP contribution in [0, 0.1) is 27.7 Å². The highest BCUT2D eigenvalue weighted by Gasteiger charge is 2.31. The largest absolute Gasteiger partial charge is 0.350 e. The summed E-state index contributed by atoms with van der Waals surface area (Å²) in [6, 6.07) is 14.2. The van der Waals surface area contributed by atoms with Crippen molar-refractivity contribution in [3.8, 4) is 0 Å². The Morgan fingerprint density at radius 2 is 1.70 bits per heavy atom. The van der Waals surface area contributed by atoms with Gasteiger partial charge in [0, 0.05) is 24.5 Å². The highest BCUT2D eigenvalue weighted by atomic mass is 32.2. The van der Waals surface area contributed by atoms with Crippen molar-refractivity contribution in [2.75, 3.05) is 6.54 Å². The Labute approximate surface area is 178 Å². The fraction of sp³-hybridized carbons (Fsp3) is 0.250. The second kappa shape index (κ2) is 8.79. The molecule has 1 amide bonds. The van der Waals surface area contributed by atoms with E-state index in [0.29, 0.717) is 16.7 Å². The first kappa shape index (κ1) is 21.7. The van der Waals surface area contributed by atoms with Crippen molar-refractivity contribution in [1.82, 2.24) is 10.3 Å². The molecule has 1 N–H and O–H groups in total. The Balaban J connectivity index is 1.95. The highest BCUT2D eigenvalue weighted by molar-refractivity contribution is 7.91. The fourth-order valence-electron chi connectivity index (χ4n) is 3.31. The van der Waals surface area contributed by atoms with Crippen molar-refractivity contribution >= 4 is 15.7 Å². The number of nitrogens with one attached hydrogen (secondary N) is 1. The molecule has 3 rings (SSSR count). The van der Waals surface area contributed by atoms with Gasteiger partial charge in [-0.15, -0.1) is 0 Å². The van der Waals surface area contributed by atoms with Gasteiger partial charge < -0.3 is 5.32 Å².